The van der Waals surface area contributed by atoms with Crippen molar-refractivity contribution in [2.75, 3.05) is 5.32 Å². The average Bonchev–Trinajstić information content (AvgIpc) is 3.06. The molecule has 2 heterocycles. The van der Waals surface area contributed by atoms with Gasteiger partial charge in [0.1, 0.15) is 5.01 Å². The molecule has 0 saturated heterocycles. The highest BCUT2D eigenvalue weighted by Gasteiger charge is 2.10. The van der Waals surface area contributed by atoms with E-state index in [1.54, 1.807) is 42.6 Å². The summed E-state index contributed by atoms with van der Waals surface area (Å²) in [5, 5.41) is 8.38. The minimum atomic E-state index is -0.274. The Labute approximate surface area is 149 Å². The highest BCUT2D eigenvalue weighted by molar-refractivity contribution is 7.09. The van der Waals surface area contributed by atoms with Gasteiger partial charge in [-0.15, -0.1) is 11.3 Å². The molecule has 7 heteroatoms. The van der Waals surface area contributed by atoms with Crippen LogP contribution in [0.4, 0.5) is 5.69 Å². The predicted molar refractivity (Wildman–Crippen MR) is 96.7 cm³/mol. The Morgan fingerprint density at radius 3 is 2.68 bits per heavy atom. The standard InChI is InChI=1S/C18H16N4O2S/c1-12-11-25-16(21-12)10-20-17(23)13-4-2-6-15(8-13)22-18(24)14-5-3-7-19-9-14/h2-9,11H,10H2,1H3,(H,20,23)(H,22,24). The molecule has 3 aromatic rings. The molecule has 0 radical (unpaired) electrons. The largest absolute Gasteiger partial charge is 0.346 e. The monoisotopic (exact) mass is 352 g/mol. The first-order valence-corrected chi connectivity index (χ1v) is 8.50. The molecule has 0 unspecified atom stereocenters. The number of thiazole rings is 1. The van der Waals surface area contributed by atoms with Crippen molar-refractivity contribution in [2.45, 2.75) is 13.5 Å². The van der Waals surface area contributed by atoms with Crippen molar-refractivity contribution in [3.63, 3.8) is 0 Å². The molecule has 0 aliphatic heterocycles. The number of carbonyl (C=O) groups excluding carboxylic acids is 2. The van der Waals surface area contributed by atoms with Crippen LogP contribution in [0.1, 0.15) is 31.4 Å². The third-order valence-electron chi connectivity index (χ3n) is 3.37. The summed E-state index contributed by atoms with van der Waals surface area (Å²) in [6.45, 7) is 2.29. The summed E-state index contributed by atoms with van der Waals surface area (Å²) in [5.41, 5.74) is 2.41. The Hall–Kier alpha value is -3.06. The van der Waals surface area contributed by atoms with Gasteiger partial charge in [-0.2, -0.15) is 0 Å². The smallest absolute Gasteiger partial charge is 0.257 e. The van der Waals surface area contributed by atoms with Crippen LogP contribution in [0.5, 0.6) is 0 Å². The quantitative estimate of drug-likeness (QED) is 0.739. The van der Waals surface area contributed by atoms with Gasteiger partial charge in [-0.25, -0.2) is 4.98 Å². The van der Waals surface area contributed by atoms with E-state index in [-0.39, 0.29) is 11.8 Å². The first-order chi connectivity index (χ1) is 12.1. The van der Waals surface area contributed by atoms with Gasteiger partial charge in [-0.05, 0) is 37.3 Å². The van der Waals surface area contributed by atoms with E-state index in [2.05, 4.69) is 20.6 Å². The molecule has 126 valence electrons. The number of pyridine rings is 1. The van der Waals surface area contributed by atoms with Crippen LogP contribution in [-0.2, 0) is 6.54 Å². The maximum atomic E-state index is 12.3. The Morgan fingerprint density at radius 1 is 1.12 bits per heavy atom. The fourth-order valence-electron chi connectivity index (χ4n) is 2.18. The predicted octanol–water partition coefficient (Wildman–Crippen LogP) is 3.03. The van der Waals surface area contributed by atoms with Gasteiger partial charge >= 0.3 is 0 Å². The molecule has 2 amide bonds. The van der Waals surface area contributed by atoms with Crippen molar-refractivity contribution in [1.82, 2.24) is 15.3 Å². The van der Waals surface area contributed by atoms with Gasteiger partial charge < -0.3 is 10.6 Å². The molecular weight excluding hydrogens is 336 g/mol. The van der Waals surface area contributed by atoms with Crippen molar-refractivity contribution < 1.29 is 9.59 Å². The first kappa shape index (κ1) is 16.8. The van der Waals surface area contributed by atoms with Crippen molar-refractivity contribution >= 4 is 28.8 Å². The number of nitrogens with one attached hydrogen (secondary N) is 2. The Bertz CT molecular complexity index is 893. The van der Waals surface area contributed by atoms with Crippen LogP contribution >= 0.6 is 11.3 Å². The third kappa shape index (κ3) is 4.48. The number of hydrogen-bond acceptors (Lipinski definition) is 5. The fourth-order valence-corrected chi connectivity index (χ4v) is 2.89. The van der Waals surface area contributed by atoms with Gasteiger partial charge in [-0.1, -0.05) is 6.07 Å². The third-order valence-corrected chi connectivity index (χ3v) is 4.34. The van der Waals surface area contributed by atoms with Gasteiger partial charge in [-0.3, -0.25) is 14.6 Å². The van der Waals surface area contributed by atoms with Gasteiger partial charge in [0.2, 0.25) is 0 Å². The summed E-state index contributed by atoms with van der Waals surface area (Å²) in [7, 11) is 0. The molecule has 0 fully saturated rings. The second-order valence-electron chi connectivity index (χ2n) is 5.34. The van der Waals surface area contributed by atoms with E-state index in [1.807, 2.05) is 12.3 Å². The number of nitrogens with zero attached hydrogens (tertiary/aromatic N) is 2. The molecular formula is C18H16N4O2S. The van der Waals surface area contributed by atoms with Crippen LogP contribution in [0.3, 0.4) is 0 Å². The molecule has 0 aliphatic rings. The van der Waals surface area contributed by atoms with E-state index in [1.165, 1.54) is 17.5 Å². The highest BCUT2D eigenvalue weighted by atomic mass is 32.1. The lowest BCUT2D eigenvalue weighted by atomic mass is 10.1. The second-order valence-corrected chi connectivity index (χ2v) is 6.28. The summed E-state index contributed by atoms with van der Waals surface area (Å²) in [6, 6.07) is 10.2. The van der Waals surface area contributed by atoms with E-state index < -0.39 is 0 Å². The van der Waals surface area contributed by atoms with Gasteiger partial charge in [0.05, 0.1) is 12.1 Å². The fraction of sp³-hybridized carbons (Fsp3) is 0.111. The zero-order valence-corrected chi connectivity index (χ0v) is 14.3. The molecule has 0 aliphatic carbocycles. The van der Waals surface area contributed by atoms with Crippen LogP contribution in [0.2, 0.25) is 0 Å². The van der Waals surface area contributed by atoms with E-state index in [0.717, 1.165) is 10.7 Å². The van der Waals surface area contributed by atoms with Crippen LogP contribution in [0.15, 0.2) is 54.2 Å². The number of hydrogen-bond donors (Lipinski definition) is 2. The van der Waals surface area contributed by atoms with Gasteiger partial charge in [0.15, 0.2) is 0 Å². The van der Waals surface area contributed by atoms with Crippen LogP contribution < -0.4 is 10.6 Å². The van der Waals surface area contributed by atoms with Crippen LogP contribution in [0, 0.1) is 6.92 Å². The first-order valence-electron chi connectivity index (χ1n) is 7.62. The lowest BCUT2D eigenvalue weighted by Crippen LogP contribution is -2.23. The number of aromatic nitrogens is 2. The summed E-state index contributed by atoms with van der Waals surface area (Å²) in [6.07, 6.45) is 3.09. The number of aryl methyl sites for hydroxylation is 1. The summed E-state index contributed by atoms with van der Waals surface area (Å²) >= 11 is 1.51. The molecule has 3 rings (SSSR count). The lowest BCUT2D eigenvalue weighted by Gasteiger charge is -2.08. The maximum absolute atomic E-state index is 12.3. The number of amides is 2. The second kappa shape index (κ2) is 7.67. The van der Waals surface area contributed by atoms with E-state index in [4.69, 9.17) is 0 Å². The summed E-state index contributed by atoms with van der Waals surface area (Å²) in [4.78, 5) is 32.7. The minimum absolute atomic E-state index is 0.217. The molecule has 0 atom stereocenters. The highest BCUT2D eigenvalue weighted by Crippen LogP contribution is 2.13. The van der Waals surface area contributed by atoms with Gasteiger partial charge in [0.25, 0.3) is 11.8 Å². The van der Waals surface area contributed by atoms with Crippen molar-refractivity contribution in [3.05, 3.63) is 76.0 Å². The SMILES string of the molecule is Cc1csc(CNC(=O)c2cccc(NC(=O)c3cccnc3)c2)n1. The van der Waals surface area contributed by atoms with E-state index in [0.29, 0.717) is 23.4 Å². The Kier molecular flexibility index (Phi) is 5.15. The molecule has 25 heavy (non-hydrogen) atoms. The van der Waals surface area contributed by atoms with Gasteiger partial charge in [0, 0.05) is 34.7 Å². The molecule has 0 bridgehead atoms. The van der Waals surface area contributed by atoms with Crippen molar-refractivity contribution in [1.29, 1.82) is 0 Å². The molecule has 0 spiro atoms. The number of benzene rings is 1. The van der Waals surface area contributed by atoms with Crippen molar-refractivity contribution in [3.8, 4) is 0 Å². The number of rotatable bonds is 5. The minimum Gasteiger partial charge on any atom is -0.346 e. The van der Waals surface area contributed by atoms with Crippen LogP contribution in [0.25, 0.3) is 0 Å². The van der Waals surface area contributed by atoms with E-state index in [9.17, 15) is 9.59 Å². The topological polar surface area (TPSA) is 84.0 Å². The molecule has 2 aromatic heterocycles. The molecule has 6 nitrogen and oxygen atoms in total. The zero-order valence-electron chi connectivity index (χ0n) is 13.5. The molecule has 1 aromatic carbocycles. The summed E-state index contributed by atoms with van der Waals surface area (Å²) in [5.74, 6) is -0.491. The van der Waals surface area contributed by atoms with E-state index >= 15 is 0 Å². The average molecular weight is 352 g/mol. The normalized spacial score (nSPS) is 10.3. The van der Waals surface area contributed by atoms with Crippen LogP contribution in [-0.4, -0.2) is 21.8 Å². The summed E-state index contributed by atoms with van der Waals surface area (Å²) < 4.78 is 0. The maximum Gasteiger partial charge on any atom is 0.257 e. The van der Waals surface area contributed by atoms with Crippen molar-refractivity contribution in [2.24, 2.45) is 0 Å². The Morgan fingerprint density at radius 2 is 1.96 bits per heavy atom. The Balaban J connectivity index is 1.64. The molecule has 2 N–H and O–H groups in total. The lowest BCUT2D eigenvalue weighted by molar-refractivity contribution is 0.0949. The number of anilines is 1. The zero-order chi connectivity index (χ0) is 17.6. The molecule has 0 saturated carbocycles. The number of carbonyl (C=O) groups is 2.